The highest BCUT2D eigenvalue weighted by Gasteiger charge is 2.09. The standard InChI is InChI=1S/C18H16N2O2/c1-21-17-9-15-6-7-20(16(15)10-18(17)22-2)12-14-5-3-4-13(8-14)11-19/h3-10H,12H2,1-2H3. The van der Waals surface area contributed by atoms with Gasteiger partial charge in [0.2, 0.25) is 0 Å². The summed E-state index contributed by atoms with van der Waals surface area (Å²) in [6.07, 6.45) is 2.03. The molecule has 0 fully saturated rings. The Morgan fingerprint density at radius 1 is 1.05 bits per heavy atom. The van der Waals surface area contributed by atoms with Gasteiger partial charge in [-0.2, -0.15) is 5.26 Å². The van der Waals surface area contributed by atoms with E-state index in [1.807, 2.05) is 48.7 Å². The highest BCUT2D eigenvalue weighted by Crippen LogP contribution is 2.32. The van der Waals surface area contributed by atoms with Crippen LogP contribution in [0.5, 0.6) is 11.5 Å². The largest absolute Gasteiger partial charge is 0.493 e. The van der Waals surface area contributed by atoms with Crippen LogP contribution in [0.3, 0.4) is 0 Å². The van der Waals surface area contributed by atoms with Crippen molar-refractivity contribution in [2.45, 2.75) is 6.54 Å². The molecule has 3 rings (SSSR count). The van der Waals surface area contributed by atoms with E-state index >= 15 is 0 Å². The van der Waals surface area contributed by atoms with Gasteiger partial charge in [0.25, 0.3) is 0 Å². The first-order valence-electron chi connectivity index (χ1n) is 6.95. The molecule has 3 aromatic rings. The summed E-state index contributed by atoms with van der Waals surface area (Å²) in [6, 6.07) is 15.8. The van der Waals surface area contributed by atoms with Gasteiger partial charge in [-0.15, -0.1) is 0 Å². The first-order valence-corrected chi connectivity index (χ1v) is 6.95. The van der Waals surface area contributed by atoms with Crippen LogP contribution in [0, 0.1) is 11.3 Å². The van der Waals surface area contributed by atoms with E-state index in [2.05, 4.69) is 10.6 Å². The number of rotatable bonds is 4. The molecule has 1 heterocycles. The lowest BCUT2D eigenvalue weighted by Gasteiger charge is -2.10. The Labute approximate surface area is 129 Å². The predicted octanol–water partition coefficient (Wildman–Crippen LogP) is 3.58. The molecule has 0 bridgehead atoms. The molecule has 2 aromatic carbocycles. The van der Waals surface area contributed by atoms with Crippen molar-refractivity contribution in [3.05, 3.63) is 59.8 Å². The molecule has 0 spiro atoms. The van der Waals surface area contributed by atoms with Crippen LogP contribution < -0.4 is 9.47 Å². The summed E-state index contributed by atoms with van der Waals surface area (Å²) >= 11 is 0. The Balaban J connectivity index is 2.02. The van der Waals surface area contributed by atoms with Crippen molar-refractivity contribution in [3.8, 4) is 17.6 Å². The van der Waals surface area contributed by atoms with Gasteiger partial charge in [0.1, 0.15) is 0 Å². The lowest BCUT2D eigenvalue weighted by atomic mass is 10.1. The number of hydrogen-bond acceptors (Lipinski definition) is 3. The fourth-order valence-electron chi connectivity index (χ4n) is 2.59. The molecule has 0 aliphatic heterocycles. The van der Waals surface area contributed by atoms with E-state index in [1.54, 1.807) is 14.2 Å². The maximum atomic E-state index is 9.00. The number of methoxy groups -OCH3 is 2. The molecule has 0 amide bonds. The molecule has 0 aliphatic rings. The zero-order valence-electron chi connectivity index (χ0n) is 12.5. The number of ether oxygens (including phenoxy) is 2. The summed E-state index contributed by atoms with van der Waals surface area (Å²) in [7, 11) is 3.27. The molecule has 110 valence electrons. The van der Waals surface area contributed by atoms with Crippen molar-refractivity contribution >= 4 is 10.9 Å². The number of aromatic nitrogens is 1. The number of hydrogen-bond donors (Lipinski definition) is 0. The minimum Gasteiger partial charge on any atom is -0.493 e. The minimum absolute atomic E-state index is 0.674. The van der Waals surface area contributed by atoms with Gasteiger partial charge in [0.05, 0.1) is 31.4 Å². The first kappa shape index (κ1) is 14.0. The van der Waals surface area contributed by atoms with Gasteiger partial charge in [-0.3, -0.25) is 0 Å². The van der Waals surface area contributed by atoms with E-state index < -0.39 is 0 Å². The quantitative estimate of drug-likeness (QED) is 0.738. The second-order valence-corrected chi connectivity index (χ2v) is 5.02. The van der Waals surface area contributed by atoms with Crippen LogP contribution >= 0.6 is 0 Å². The average molecular weight is 292 g/mol. The normalized spacial score (nSPS) is 10.4. The van der Waals surface area contributed by atoms with Gasteiger partial charge in [-0.1, -0.05) is 12.1 Å². The molecule has 1 aromatic heterocycles. The van der Waals surface area contributed by atoms with Crippen molar-refractivity contribution in [1.82, 2.24) is 4.57 Å². The summed E-state index contributed by atoms with van der Waals surface area (Å²) in [4.78, 5) is 0. The maximum absolute atomic E-state index is 9.00. The highest BCUT2D eigenvalue weighted by molar-refractivity contribution is 5.84. The van der Waals surface area contributed by atoms with Crippen LogP contribution in [0.2, 0.25) is 0 Å². The van der Waals surface area contributed by atoms with E-state index in [1.165, 1.54) is 0 Å². The number of nitriles is 1. The minimum atomic E-state index is 0.674. The Bertz CT molecular complexity index is 859. The van der Waals surface area contributed by atoms with Crippen molar-refractivity contribution in [2.75, 3.05) is 14.2 Å². The fourth-order valence-corrected chi connectivity index (χ4v) is 2.59. The van der Waals surface area contributed by atoms with Gasteiger partial charge in [0, 0.05) is 24.2 Å². The van der Waals surface area contributed by atoms with Crippen LogP contribution in [0.15, 0.2) is 48.7 Å². The third-order valence-corrected chi connectivity index (χ3v) is 3.69. The second-order valence-electron chi connectivity index (χ2n) is 5.02. The Hall–Kier alpha value is -2.93. The van der Waals surface area contributed by atoms with Crippen LogP contribution in [0.25, 0.3) is 10.9 Å². The van der Waals surface area contributed by atoms with E-state index in [0.717, 1.165) is 22.2 Å². The van der Waals surface area contributed by atoms with Gasteiger partial charge in [0.15, 0.2) is 11.5 Å². The summed E-state index contributed by atoms with van der Waals surface area (Å²) in [5.74, 6) is 1.43. The number of fused-ring (bicyclic) bond motifs is 1. The molecule has 0 N–H and O–H groups in total. The molecule has 0 saturated carbocycles. The van der Waals surface area contributed by atoms with E-state index in [9.17, 15) is 0 Å². The molecular formula is C18H16N2O2. The summed E-state index contributed by atoms with van der Waals surface area (Å²) < 4.78 is 12.8. The summed E-state index contributed by atoms with van der Waals surface area (Å²) in [6.45, 7) is 0.703. The molecule has 22 heavy (non-hydrogen) atoms. The molecule has 0 radical (unpaired) electrons. The monoisotopic (exact) mass is 292 g/mol. The van der Waals surface area contributed by atoms with Gasteiger partial charge in [-0.25, -0.2) is 0 Å². The third kappa shape index (κ3) is 2.49. The molecule has 0 aliphatic carbocycles. The second kappa shape index (κ2) is 5.82. The van der Waals surface area contributed by atoms with Gasteiger partial charge in [-0.05, 0) is 29.8 Å². The third-order valence-electron chi connectivity index (χ3n) is 3.69. The van der Waals surface area contributed by atoms with Crippen LogP contribution in [-0.4, -0.2) is 18.8 Å². The summed E-state index contributed by atoms with van der Waals surface area (Å²) in [5, 5.41) is 10.1. The van der Waals surface area contributed by atoms with Crippen molar-refractivity contribution in [2.24, 2.45) is 0 Å². The molecule has 4 nitrogen and oxygen atoms in total. The van der Waals surface area contributed by atoms with Gasteiger partial charge >= 0.3 is 0 Å². The maximum Gasteiger partial charge on any atom is 0.162 e. The number of nitrogens with zero attached hydrogens (tertiary/aromatic N) is 2. The molecule has 0 saturated heterocycles. The van der Waals surface area contributed by atoms with E-state index in [-0.39, 0.29) is 0 Å². The first-order chi connectivity index (χ1) is 10.7. The highest BCUT2D eigenvalue weighted by atomic mass is 16.5. The van der Waals surface area contributed by atoms with Crippen LogP contribution in [-0.2, 0) is 6.54 Å². The lowest BCUT2D eigenvalue weighted by molar-refractivity contribution is 0.355. The Kier molecular flexibility index (Phi) is 3.71. The topological polar surface area (TPSA) is 47.2 Å². The molecule has 0 atom stereocenters. The average Bonchev–Trinajstić information content (AvgIpc) is 2.95. The van der Waals surface area contributed by atoms with Crippen LogP contribution in [0.1, 0.15) is 11.1 Å². The van der Waals surface area contributed by atoms with Crippen molar-refractivity contribution in [1.29, 1.82) is 5.26 Å². The predicted molar refractivity (Wildman–Crippen MR) is 85.3 cm³/mol. The van der Waals surface area contributed by atoms with Crippen molar-refractivity contribution in [3.63, 3.8) is 0 Å². The van der Waals surface area contributed by atoms with Crippen molar-refractivity contribution < 1.29 is 9.47 Å². The SMILES string of the molecule is COc1cc2ccn(Cc3cccc(C#N)c3)c2cc1OC. The molecule has 0 unspecified atom stereocenters. The number of benzene rings is 2. The zero-order chi connectivity index (χ0) is 15.5. The zero-order valence-corrected chi connectivity index (χ0v) is 12.5. The van der Waals surface area contributed by atoms with E-state index in [0.29, 0.717) is 17.9 Å². The van der Waals surface area contributed by atoms with Crippen LogP contribution in [0.4, 0.5) is 0 Å². The summed E-state index contributed by atoms with van der Waals surface area (Å²) in [5.41, 5.74) is 2.83. The Morgan fingerprint density at radius 3 is 2.55 bits per heavy atom. The van der Waals surface area contributed by atoms with E-state index in [4.69, 9.17) is 14.7 Å². The molecular weight excluding hydrogens is 276 g/mol. The van der Waals surface area contributed by atoms with Gasteiger partial charge < -0.3 is 14.0 Å². The lowest BCUT2D eigenvalue weighted by Crippen LogP contribution is -1.99. The fraction of sp³-hybridized carbons (Fsp3) is 0.167. The molecule has 4 heteroatoms. The smallest absolute Gasteiger partial charge is 0.162 e. The Morgan fingerprint density at radius 2 is 1.82 bits per heavy atom.